The normalized spacial score (nSPS) is 13.1. The fourth-order valence-electron chi connectivity index (χ4n) is 1.47. The SMILES string of the molecule is CC(C)C(C)NC(=O)CN(C)Cc1ccc(Br)o1. The predicted molar refractivity (Wildman–Crippen MR) is 75.2 cm³/mol. The van der Waals surface area contributed by atoms with Gasteiger partial charge in [-0.3, -0.25) is 9.69 Å². The monoisotopic (exact) mass is 316 g/mol. The summed E-state index contributed by atoms with van der Waals surface area (Å²) in [7, 11) is 1.90. The molecule has 1 amide bonds. The first kappa shape index (κ1) is 15.2. The van der Waals surface area contributed by atoms with E-state index in [0.29, 0.717) is 23.7 Å². The van der Waals surface area contributed by atoms with Gasteiger partial charge in [0.1, 0.15) is 5.76 Å². The van der Waals surface area contributed by atoms with Crippen LogP contribution in [0.15, 0.2) is 21.2 Å². The lowest BCUT2D eigenvalue weighted by Gasteiger charge is -2.20. The Labute approximate surface area is 117 Å². The van der Waals surface area contributed by atoms with E-state index in [1.54, 1.807) is 0 Å². The Kier molecular flexibility index (Phi) is 5.88. The van der Waals surface area contributed by atoms with Crippen LogP contribution in [0.5, 0.6) is 0 Å². The first-order chi connectivity index (χ1) is 8.38. The number of likely N-dealkylation sites (N-methyl/N-ethyl adjacent to an activating group) is 1. The van der Waals surface area contributed by atoms with Gasteiger partial charge in [-0.15, -0.1) is 0 Å². The molecule has 5 heteroatoms. The maximum absolute atomic E-state index is 11.8. The molecular weight excluding hydrogens is 296 g/mol. The Balaban J connectivity index is 2.35. The van der Waals surface area contributed by atoms with E-state index in [4.69, 9.17) is 4.42 Å². The highest BCUT2D eigenvalue weighted by Gasteiger charge is 2.13. The van der Waals surface area contributed by atoms with Crippen molar-refractivity contribution in [3.8, 4) is 0 Å². The zero-order chi connectivity index (χ0) is 13.7. The molecule has 102 valence electrons. The average molecular weight is 317 g/mol. The van der Waals surface area contributed by atoms with Gasteiger partial charge in [0.05, 0.1) is 13.1 Å². The summed E-state index contributed by atoms with van der Waals surface area (Å²) in [5.41, 5.74) is 0. The van der Waals surface area contributed by atoms with E-state index in [1.807, 2.05) is 31.0 Å². The van der Waals surface area contributed by atoms with Crippen molar-refractivity contribution >= 4 is 21.8 Å². The summed E-state index contributed by atoms with van der Waals surface area (Å²) in [4.78, 5) is 13.7. The number of amides is 1. The van der Waals surface area contributed by atoms with E-state index in [0.717, 1.165) is 5.76 Å². The maximum atomic E-state index is 11.8. The predicted octanol–water partition coefficient (Wildman–Crippen LogP) is 2.63. The Morgan fingerprint density at radius 2 is 2.11 bits per heavy atom. The van der Waals surface area contributed by atoms with Crippen molar-refractivity contribution in [3.05, 3.63) is 22.6 Å². The van der Waals surface area contributed by atoms with Gasteiger partial charge in [0.25, 0.3) is 0 Å². The molecule has 4 nitrogen and oxygen atoms in total. The number of carbonyl (C=O) groups excluding carboxylic acids is 1. The smallest absolute Gasteiger partial charge is 0.234 e. The zero-order valence-corrected chi connectivity index (χ0v) is 13.0. The summed E-state index contributed by atoms with van der Waals surface area (Å²) in [6.45, 7) is 7.20. The summed E-state index contributed by atoms with van der Waals surface area (Å²) in [6, 6.07) is 3.95. The molecule has 0 aromatic carbocycles. The summed E-state index contributed by atoms with van der Waals surface area (Å²) < 4.78 is 6.11. The van der Waals surface area contributed by atoms with Crippen molar-refractivity contribution in [1.29, 1.82) is 0 Å². The average Bonchev–Trinajstić information content (AvgIpc) is 2.62. The van der Waals surface area contributed by atoms with Crippen molar-refractivity contribution in [2.45, 2.75) is 33.4 Å². The highest BCUT2D eigenvalue weighted by Crippen LogP contribution is 2.15. The second-order valence-corrected chi connectivity index (χ2v) is 5.76. The van der Waals surface area contributed by atoms with Gasteiger partial charge in [-0.2, -0.15) is 0 Å². The molecule has 18 heavy (non-hydrogen) atoms. The van der Waals surface area contributed by atoms with Crippen LogP contribution in [0.1, 0.15) is 26.5 Å². The highest BCUT2D eigenvalue weighted by atomic mass is 79.9. The number of hydrogen-bond donors (Lipinski definition) is 1. The molecule has 0 aliphatic heterocycles. The molecule has 1 aromatic rings. The van der Waals surface area contributed by atoms with Gasteiger partial charge in [0.2, 0.25) is 5.91 Å². The van der Waals surface area contributed by atoms with Crippen molar-refractivity contribution < 1.29 is 9.21 Å². The number of rotatable bonds is 6. The molecule has 0 spiro atoms. The van der Waals surface area contributed by atoms with Crippen LogP contribution in [0.2, 0.25) is 0 Å². The summed E-state index contributed by atoms with van der Waals surface area (Å²) in [5.74, 6) is 1.33. The minimum atomic E-state index is 0.0457. The first-order valence-corrected chi connectivity index (χ1v) is 6.90. The van der Waals surface area contributed by atoms with Gasteiger partial charge >= 0.3 is 0 Å². The Morgan fingerprint density at radius 1 is 1.44 bits per heavy atom. The third kappa shape index (κ3) is 5.23. The number of hydrogen-bond acceptors (Lipinski definition) is 3. The lowest BCUT2D eigenvalue weighted by molar-refractivity contribution is -0.123. The number of halogens is 1. The van der Waals surface area contributed by atoms with Crippen LogP contribution in [0.4, 0.5) is 0 Å². The number of carbonyl (C=O) groups is 1. The second-order valence-electron chi connectivity index (χ2n) is 4.98. The van der Waals surface area contributed by atoms with E-state index in [1.165, 1.54) is 0 Å². The van der Waals surface area contributed by atoms with Gasteiger partial charge in [-0.05, 0) is 48.0 Å². The first-order valence-electron chi connectivity index (χ1n) is 6.10. The Bertz CT molecular complexity index is 390. The number of nitrogens with zero attached hydrogens (tertiary/aromatic N) is 1. The van der Waals surface area contributed by atoms with Gasteiger partial charge in [-0.1, -0.05) is 13.8 Å². The lowest BCUT2D eigenvalue weighted by atomic mass is 10.1. The van der Waals surface area contributed by atoms with E-state index in [-0.39, 0.29) is 11.9 Å². The summed E-state index contributed by atoms with van der Waals surface area (Å²) in [6.07, 6.45) is 0. The van der Waals surface area contributed by atoms with Crippen LogP contribution >= 0.6 is 15.9 Å². The van der Waals surface area contributed by atoms with Crippen LogP contribution < -0.4 is 5.32 Å². The molecule has 1 heterocycles. The minimum absolute atomic E-state index is 0.0457. The molecule has 1 rings (SSSR count). The van der Waals surface area contributed by atoms with Crippen LogP contribution in [-0.4, -0.2) is 30.4 Å². The van der Waals surface area contributed by atoms with Crippen molar-refractivity contribution in [1.82, 2.24) is 10.2 Å². The fourth-order valence-corrected chi connectivity index (χ4v) is 1.81. The highest BCUT2D eigenvalue weighted by molar-refractivity contribution is 9.10. The van der Waals surface area contributed by atoms with E-state index >= 15 is 0 Å². The van der Waals surface area contributed by atoms with E-state index in [9.17, 15) is 4.79 Å². The van der Waals surface area contributed by atoms with Crippen molar-refractivity contribution in [3.63, 3.8) is 0 Å². The van der Waals surface area contributed by atoms with Crippen LogP contribution in [-0.2, 0) is 11.3 Å². The minimum Gasteiger partial charge on any atom is -0.453 e. The molecule has 0 aliphatic carbocycles. The van der Waals surface area contributed by atoms with Crippen LogP contribution in [0, 0.1) is 5.92 Å². The Morgan fingerprint density at radius 3 is 2.61 bits per heavy atom. The fraction of sp³-hybridized carbons (Fsp3) is 0.615. The molecule has 1 N–H and O–H groups in total. The molecule has 1 aromatic heterocycles. The quantitative estimate of drug-likeness (QED) is 0.877. The largest absolute Gasteiger partial charge is 0.453 e. The molecule has 1 unspecified atom stereocenters. The lowest BCUT2D eigenvalue weighted by Crippen LogP contribution is -2.41. The molecular formula is C13H21BrN2O2. The summed E-state index contributed by atoms with van der Waals surface area (Å²) >= 11 is 3.26. The molecule has 0 radical (unpaired) electrons. The van der Waals surface area contributed by atoms with Crippen LogP contribution in [0.25, 0.3) is 0 Å². The maximum Gasteiger partial charge on any atom is 0.234 e. The van der Waals surface area contributed by atoms with Gasteiger partial charge in [0, 0.05) is 6.04 Å². The standard InChI is InChI=1S/C13H21BrN2O2/c1-9(2)10(3)15-13(17)8-16(4)7-11-5-6-12(14)18-11/h5-6,9-10H,7-8H2,1-4H3,(H,15,17). The number of nitrogens with one attached hydrogen (secondary N) is 1. The molecule has 0 bridgehead atoms. The molecule has 0 aliphatic rings. The van der Waals surface area contributed by atoms with Crippen molar-refractivity contribution in [2.24, 2.45) is 5.92 Å². The third-order valence-corrected chi connectivity index (χ3v) is 3.28. The molecule has 0 fully saturated rings. The zero-order valence-electron chi connectivity index (χ0n) is 11.4. The third-order valence-electron chi connectivity index (χ3n) is 2.86. The van der Waals surface area contributed by atoms with Gasteiger partial charge in [-0.25, -0.2) is 0 Å². The summed E-state index contributed by atoms with van der Waals surface area (Å²) in [5, 5.41) is 2.98. The van der Waals surface area contributed by atoms with Gasteiger partial charge in [0.15, 0.2) is 4.67 Å². The molecule has 0 saturated carbocycles. The molecule has 0 saturated heterocycles. The van der Waals surface area contributed by atoms with Gasteiger partial charge < -0.3 is 9.73 Å². The van der Waals surface area contributed by atoms with Crippen molar-refractivity contribution in [2.75, 3.05) is 13.6 Å². The topological polar surface area (TPSA) is 45.5 Å². The number of furan rings is 1. The Hall–Kier alpha value is -0.810. The van der Waals surface area contributed by atoms with E-state index in [2.05, 4.69) is 35.1 Å². The second kappa shape index (κ2) is 6.95. The van der Waals surface area contributed by atoms with Crippen LogP contribution in [0.3, 0.4) is 0 Å². The van der Waals surface area contributed by atoms with E-state index < -0.39 is 0 Å². The molecule has 1 atom stereocenters.